The Balaban J connectivity index is 2.27. The monoisotopic (exact) mass is 249 g/mol. The molecule has 0 aliphatic carbocycles. The van der Waals surface area contributed by atoms with Crippen molar-refractivity contribution < 1.29 is 0 Å². The third-order valence-corrected chi connectivity index (χ3v) is 3.18. The SMILES string of the molecule is CC(=C\c1ccccc1C)/C(C)=N/c1ccccc1. The summed E-state index contributed by atoms with van der Waals surface area (Å²) in [6, 6.07) is 18.4. The maximum atomic E-state index is 4.63. The molecule has 0 aliphatic rings. The second kappa shape index (κ2) is 6.14. The van der Waals surface area contributed by atoms with Gasteiger partial charge in [0.25, 0.3) is 0 Å². The maximum Gasteiger partial charge on any atom is 0.0632 e. The molecule has 0 aliphatic heterocycles. The van der Waals surface area contributed by atoms with Crippen molar-refractivity contribution in [1.29, 1.82) is 0 Å². The van der Waals surface area contributed by atoms with E-state index >= 15 is 0 Å². The van der Waals surface area contributed by atoms with E-state index < -0.39 is 0 Å². The summed E-state index contributed by atoms with van der Waals surface area (Å²) in [6.45, 7) is 6.29. The Bertz CT molecular complexity index is 607. The van der Waals surface area contributed by atoms with Gasteiger partial charge in [-0.3, -0.25) is 4.99 Å². The zero-order valence-electron chi connectivity index (χ0n) is 11.7. The normalized spacial score (nSPS) is 12.6. The van der Waals surface area contributed by atoms with Crippen LogP contribution < -0.4 is 0 Å². The number of allylic oxidation sites excluding steroid dienone is 1. The molecule has 0 amide bonds. The van der Waals surface area contributed by atoms with Gasteiger partial charge in [-0.25, -0.2) is 0 Å². The average molecular weight is 249 g/mol. The maximum absolute atomic E-state index is 4.63. The Labute approximate surface area is 115 Å². The van der Waals surface area contributed by atoms with Gasteiger partial charge in [0.15, 0.2) is 0 Å². The van der Waals surface area contributed by atoms with Gasteiger partial charge in [0.2, 0.25) is 0 Å². The molecule has 19 heavy (non-hydrogen) atoms. The van der Waals surface area contributed by atoms with Gasteiger partial charge in [-0.2, -0.15) is 0 Å². The molecule has 1 nitrogen and oxygen atoms in total. The summed E-state index contributed by atoms with van der Waals surface area (Å²) in [5.74, 6) is 0. The van der Waals surface area contributed by atoms with Crippen LogP contribution in [0.2, 0.25) is 0 Å². The van der Waals surface area contributed by atoms with Crippen molar-refractivity contribution in [2.45, 2.75) is 20.8 Å². The van der Waals surface area contributed by atoms with Crippen LogP contribution in [-0.2, 0) is 0 Å². The van der Waals surface area contributed by atoms with E-state index in [-0.39, 0.29) is 0 Å². The fraction of sp³-hybridized carbons (Fsp3) is 0.167. The van der Waals surface area contributed by atoms with Gasteiger partial charge in [-0.1, -0.05) is 42.5 Å². The third kappa shape index (κ3) is 3.65. The number of nitrogens with zero attached hydrogens (tertiary/aromatic N) is 1. The van der Waals surface area contributed by atoms with Crippen LogP contribution in [0.1, 0.15) is 25.0 Å². The highest BCUT2D eigenvalue weighted by Crippen LogP contribution is 2.16. The summed E-state index contributed by atoms with van der Waals surface area (Å²) in [4.78, 5) is 4.63. The zero-order chi connectivity index (χ0) is 13.7. The highest BCUT2D eigenvalue weighted by molar-refractivity contribution is 6.02. The van der Waals surface area contributed by atoms with Crippen LogP contribution in [0.25, 0.3) is 6.08 Å². The number of aliphatic imine (C=N–C) groups is 1. The van der Waals surface area contributed by atoms with Gasteiger partial charge in [-0.05, 0) is 55.7 Å². The van der Waals surface area contributed by atoms with Crippen molar-refractivity contribution in [3.05, 3.63) is 71.3 Å². The molecule has 0 saturated carbocycles. The first-order chi connectivity index (χ1) is 9.16. The predicted molar refractivity (Wildman–Crippen MR) is 84.0 cm³/mol. The Morgan fingerprint density at radius 3 is 2.21 bits per heavy atom. The zero-order valence-corrected chi connectivity index (χ0v) is 11.7. The van der Waals surface area contributed by atoms with Gasteiger partial charge in [0.1, 0.15) is 0 Å². The van der Waals surface area contributed by atoms with Crippen LogP contribution in [0.4, 0.5) is 5.69 Å². The number of benzene rings is 2. The van der Waals surface area contributed by atoms with Crippen molar-refractivity contribution in [1.82, 2.24) is 0 Å². The molecule has 2 aromatic carbocycles. The van der Waals surface area contributed by atoms with E-state index in [1.807, 2.05) is 30.3 Å². The number of para-hydroxylation sites is 1. The lowest BCUT2D eigenvalue weighted by Crippen LogP contribution is -1.93. The van der Waals surface area contributed by atoms with Crippen molar-refractivity contribution in [3.63, 3.8) is 0 Å². The highest BCUT2D eigenvalue weighted by atomic mass is 14.7. The van der Waals surface area contributed by atoms with E-state index in [1.165, 1.54) is 16.7 Å². The summed E-state index contributed by atoms with van der Waals surface area (Å²) < 4.78 is 0. The average Bonchev–Trinajstić information content (AvgIpc) is 2.42. The summed E-state index contributed by atoms with van der Waals surface area (Å²) in [7, 11) is 0. The molecular weight excluding hydrogens is 230 g/mol. The molecule has 0 N–H and O–H groups in total. The lowest BCUT2D eigenvalue weighted by atomic mass is 10.0. The van der Waals surface area contributed by atoms with Gasteiger partial charge < -0.3 is 0 Å². The standard InChI is InChI=1S/C18H19N/c1-14-9-7-8-10-17(14)13-15(2)16(3)19-18-11-5-4-6-12-18/h4-13H,1-3H3/b15-13+,19-16+. The third-order valence-electron chi connectivity index (χ3n) is 3.18. The Hall–Kier alpha value is -2.15. The first-order valence-corrected chi connectivity index (χ1v) is 6.51. The van der Waals surface area contributed by atoms with E-state index in [4.69, 9.17) is 0 Å². The molecule has 0 atom stereocenters. The molecule has 0 spiro atoms. The smallest absolute Gasteiger partial charge is 0.0632 e. The molecule has 0 heterocycles. The second-order valence-electron chi connectivity index (χ2n) is 4.72. The predicted octanol–water partition coefficient (Wildman–Crippen LogP) is 5.19. The molecule has 0 saturated heterocycles. The fourth-order valence-corrected chi connectivity index (χ4v) is 1.87. The van der Waals surface area contributed by atoms with Crippen molar-refractivity contribution in [2.75, 3.05) is 0 Å². The van der Waals surface area contributed by atoms with E-state index in [0.29, 0.717) is 0 Å². The van der Waals surface area contributed by atoms with Crippen molar-refractivity contribution >= 4 is 17.5 Å². The number of aryl methyl sites for hydroxylation is 1. The van der Waals surface area contributed by atoms with Gasteiger partial charge in [-0.15, -0.1) is 0 Å². The quantitative estimate of drug-likeness (QED) is 0.664. The molecule has 0 fully saturated rings. The van der Waals surface area contributed by atoms with E-state index in [0.717, 1.165) is 11.4 Å². The van der Waals surface area contributed by atoms with E-state index in [1.54, 1.807) is 0 Å². The minimum Gasteiger partial charge on any atom is -0.253 e. The van der Waals surface area contributed by atoms with Gasteiger partial charge in [0.05, 0.1) is 5.69 Å². The van der Waals surface area contributed by atoms with Crippen molar-refractivity contribution in [2.24, 2.45) is 4.99 Å². The first kappa shape index (κ1) is 13.3. The Morgan fingerprint density at radius 2 is 1.53 bits per heavy atom. The van der Waals surface area contributed by atoms with E-state index in [2.05, 4.69) is 56.1 Å². The summed E-state index contributed by atoms with van der Waals surface area (Å²) in [5, 5.41) is 0. The number of hydrogen-bond donors (Lipinski definition) is 0. The largest absolute Gasteiger partial charge is 0.253 e. The first-order valence-electron chi connectivity index (χ1n) is 6.51. The number of rotatable bonds is 3. The number of hydrogen-bond acceptors (Lipinski definition) is 1. The van der Waals surface area contributed by atoms with E-state index in [9.17, 15) is 0 Å². The molecule has 0 bridgehead atoms. The van der Waals surface area contributed by atoms with Crippen LogP contribution in [-0.4, -0.2) is 5.71 Å². The Morgan fingerprint density at radius 1 is 0.895 bits per heavy atom. The van der Waals surface area contributed by atoms with Crippen LogP contribution >= 0.6 is 0 Å². The lowest BCUT2D eigenvalue weighted by Gasteiger charge is -2.04. The highest BCUT2D eigenvalue weighted by Gasteiger charge is 1.98. The molecule has 96 valence electrons. The molecule has 0 radical (unpaired) electrons. The minimum absolute atomic E-state index is 0.998. The molecule has 2 aromatic rings. The van der Waals surface area contributed by atoms with Crippen LogP contribution in [0.15, 0.2) is 65.2 Å². The minimum atomic E-state index is 0.998. The van der Waals surface area contributed by atoms with Gasteiger partial charge in [0, 0.05) is 5.71 Å². The molecule has 0 unspecified atom stereocenters. The molecule has 0 aromatic heterocycles. The summed E-state index contributed by atoms with van der Waals surface area (Å²) >= 11 is 0. The molecule has 2 rings (SSSR count). The topological polar surface area (TPSA) is 12.4 Å². The van der Waals surface area contributed by atoms with Gasteiger partial charge >= 0.3 is 0 Å². The molecular formula is C18H19N. The fourth-order valence-electron chi connectivity index (χ4n) is 1.87. The molecule has 1 heteroatoms. The Kier molecular flexibility index (Phi) is 4.30. The van der Waals surface area contributed by atoms with Crippen molar-refractivity contribution in [3.8, 4) is 0 Å². The van der Waals surface area contributed by atoms with Crippen LogP contribution in [0, 0.1) is 6.92 Å². The van der Waals surface area contributed by atoms with Crippen LogP contribution in [0.5, 0.6) is 0 Å². The second-order valence-corrected chi connectivity index (χ2v) is 4.72. The summed E-state index contributed by atoms with van der Waals surface area (Å²) in [6.07, 6.45) is 2.19. The lowest BCUT2D eigenvalue weighted by molar-refractivity contribution is 1.42. The van der Waals surface area contributed by atoms with Crippen LogP contribution in [0.3, 0.4) is 0 Å². The summed E-state index contributed by atoms with van der Waals surface area (Å²) in [5.41, 5.74) is 5.78.